The van der Waals surface area contributed by atoms with Crippen molar-refractivity contribution < 1.29 is 29.0 Å². The number of benzene rings is 3. The minimum Gasteiger partial charge on any atom is -0.493 e. The molecule has 0 radical (unpaired) electrons. The molecule has 0 atom stereocenters. The van der Waals surface area contributed by atoms with Gasteiger partial charge in [-0.25, -0.2) is 10.2 Å². The van der Waals surface area contributed by atoms with Gasteiger partial charge in [-0.15, -0.1) is 0 Å². The van der Waals surface area contributed by atoms with Crippen molar-refractivity contribution in [2.75, 3.05) is 19.5 Å². The standard InChI is InChI=1S/C24H21N3O6/c1-32-19-13-10-17(20(24(30)31)21(19)33-2)14-25-27-23(29)16-8-11-18(12-9-16)26-22(28)15-6-4-3-5-7-15/h3-14H,1-2H3,(H,26,28)(H,27,29)(H,30,31). The summed E-state index contributed by atoms with van der Waals surface area (Å²) in [6.07, 6.45) is 1.21. The van der Waals surface area contributed by atoms with Gasteiger partial charge in [0.25, 0.3) is 11.8 Å². The zero-order valence-electron chi connectivity index (χ0n) is 17.9. The normalized spacial score (nSPS) is 10.5. The van der Waals surface area contributed by atoms with E-state index >= 15 is 0 Å². The van der Waals surface area contributed by atoms with Crippen LogP contribution in [0.5, 0.6) is 11.5 Å². The molecular formula is C24H21N3O6. The third-order valence-corrected chi connectivity index (χ3v) is 4.60. The second kappa shape index (κ2) is 10.6. The number of aromatic carboxylic acids is 1. The number of hydrogen-bond donors (Lipinski definition) is 3. The molecule has 0 saturated carbocycles. The lowest BCUT2D eigenvalue weighted by molar-refractivity contribution is 0.0692. The maximum atomic E-state index is 12.4. The van der Waals surface area contributed by atoms with E-state index in [9.17, 15) is 19.5 Å². The number of carbonyl (C=O) groups excluding carboxylic acids is 2. The van der Waals surface area contributed by atoms with Crippen LogP contribution in [0.25, 0.3) is 0 Å². The minimum absolute atomic E-state index is 0.0495. The number of hydrogen-bond acceptors (Lipinski definition) is 6. The Balaban J connectivity index is 1.67. The van der Waals surface area contributed by atoms with Crippen molar-refractivity contribution in [3.8, 4) is 11.5 Å². The lowest BCUT2D eigenvalue weighted by Crippen LogP contribution is -2.18. The minimum atomic E-state index is -1.23. The molecular weight excluding hydrogens is 426 g/mol. The predicted molar refractivity (Wildman–Crippen MR) is 122 cm³/mol. The molecule has 3 rings (SSSR count). The molecule has 33 heavy (non-hydrogen) atoms. The smallest absolute Gasteiger partial charge is 0.340 e. The maximum absolute atomic E-state index is 12.4. The van der Waals surface area contributed by atoms with E-state index in [1.165, 1.54) is 44.7 Å². The Morgan fingerprint density at radius 1 is 0.848 bits per heavy atom. The number of carbonyl (C=O) groups is 3. The quantitative estimate of drug-likeness (QED) is 0.359. The highest BCUT2D eigenvalue weighted by molar-refractivity contribution is 6.05. The summed E-state index contributed by atoms with van der Waals surface area (Å²) in [6, 6.07) is 18.0. The molecule has 0 aliphatic rings. The molecule has 3 aromatic carbocycles. The molecule has 2 amide bonds. The zero-order chi connectivity index (χ0) is 23.8. The van der Waals surface area contributed by atoms with Crippen LogP contribution in [0.4, 0.5) is 5.69 Å². The number of nitrogens with one attached hydrogen (secondary N) is 2. The molecule has 3 N–H and O–H groups in total. The van der Waals surface area contributed by atoms with E-state index < -0.39 is 11.9 Å². The van der Waals surface area contributed by atoms with Gasteiger partial charge < -0.3 is 19.9 Å². The van der Waals surface area contributed by atoms with E-state index in [0.29, 0.717) is 16.8 Å². The van der Waals surface area contributed by atoms with Crippen molar-refractivity contribution in [1.29, 1.82) is 0 Å². The van der Waals surface area contributed by atoms with Gasteiger partial charge in [-0.1, -0.05) is 18.2 Å². The Morgan fingerprint density at radius 2 is 1.52 bits per heavy atom. The largest absolute Gasteiger partial charge is 0.493 e. The van der Waals surface area contributed by atoms with Crippen molar-refractivity contribution in [1.82, 2.24) is 5.43 Å². The molecule has 168 valence electrons. The lowest BCUT2D eigenvalue weighted by Gasteiger charge is -2.12. The van der Waals surface area contributed by atoms with Gasteiger partial charge in [0.1, 0.15) is 5.56 Å². The molecule has 0 aliphatic heterocycles. The summed E-state index contributed by atoms with van der Waals surface area (Å²) in [4.78, 5) is 36.2. The summed E-state index contributed by atoms with van der Waals surface area (Å²) in [5.74, 6) is -1.69. The third-order valence-electron chi connectivity index (χ3n) is 4.60. The Kier molecular flexibility index (Phi) is 7.38. The second-order valence-corrected chi connectivity index (χ2v) is 6.67. The number of nitrogens with zero attached hydrogens (tertiary/aromatic N) is 1. The van der Waals surface area contributed by atoms with E-state index in [-0.39, 0.29) is 28.5 Å². The molecule has 3 aromatic rings. The van der Waals surface area contributed by atoms with E-state index in [0.717, 1.165) is 0 Å². The van der Waals surface area contributed by atoms with Crippen LogP contribution in [0.1, 0.15) is 36.6 Å². The van der Waals surface area contributed by atoms with Crippen LogP contribution in [0.2, 0.25) is 0 Å². The van der Waals surface area contributed by atoms with Gasteiger partial charge in [-0.3, -0.25) is 9.59 Å². The van der Waals surface area contributed by atoms with Crippen LogP contribution in [0.3, 0.4) is 0 Å². The molecule has 0 saturated heterocycles. The summed E-state index contributed by atoms with van der Waals surface area (Å²) in [7, 11) is 2.73. The summed E-state index contributed by atoms with van der Waals surface area (Å²) < 4.78 is 10.3. The maximum Gasteiger partial charge on any atom is 0.340 e. The molecule has 0 aliphatic carbocycles. The number of ether oxygens (including phenoxy) is 2. The first-order chi connectivity index (χ1) is 15.9. The van der Waals surface area contributed by atoms with Gasteiger partial charge in [-0.05, 0) is 48.5 Å². The fourth-order valence-electron chi connectivity index (χ4n) is 2.99. The highest BCUT2D eigenvalue weighted by atomic mass is 16.5. The Hall–Kier alpha value is -4.66. The van der Waals surface area contributed by atoms with Gasteiger partial charge in [0.15, 0.2) is 11.5 Å². The van der Waals surface area contributed by atoms with Gasteiger partial charge in [0, 0.05) is 22.4 Å². The number of carboxylic acid groups (broad SMARTS) is 1. The SMILES string of the molecule is COc1ccc(C=NNC(=O)c2ccc(NC(=O)c3ccccc3)cc2)c(C(=O)O)c1OC. The van der Waals surface area contributed by atoms with E-state index in [1.54, 1.807) is 36.4 Å². The van der Waals surface area contributed by atoms with E-state index in [1.807, 2.05) is 6.07 Å². The second-order valence-electron chi connectivity index (χ2n) is 6.67. The predicted octanol–water partition coefficient (Wildman–Crippen LogP) is 3.42. The first-order valence-corrected chi connectivity index (χ1v) is 9.72. The number of rotatable bonds is 8. The topological polar surface area (TPSA) is 126 Å². The van der Waals surface area contributed by atoms with Crippen molar-refractivity contribution >= 4 is 29.7 Å². The van der Waals surface area contributed by atoms with Crippen molar-refractivity contribution in [3.63, 3.8) is 0 Å². The van der Waals surface area contributed by atoms with Crippen LogP contribution in [-0.4, -0.2) is 43.3 Å². The average Bonchev–Trinajstić information content (AvgIpc) is 2.84. The molecule has 0 aromatic heterocycles. The molecule has 9 heteroatoms. The summed E-state index contributed by atoms with van der Waals surface area (Å²) in [5, 5.41) is 16.1. The van der Waals surface area contributed by atoms with Crippen LogP contribution < -0.4 is 20.2 Å². The van der Waals surface area contributed by atoms with Crippen LogP contribution in [-0.2, 0) is 0 Å². The Labute approximate surface area is 189 Å². The van der Waals surface area contributed by atoms with Crippen LogP contribution >= 0.6 is 0 Å². The van der Waals surface area contributed by atoms with E-state index in [4.69, 9.17) is 9.47 Å². The molecule has 0 bridgehead atoms. The summed E-state index contributed by atoms with van der Waals surface area (Å²) in [5.41, 5.74) is 3.77. The monoisotopic (exact) mass is 447 g/mol. The summed E-state index contributed by atoms with van der Waals surface area (Å²) >= 11 is 0. The number of methoxy groups -OCH3 is 2. The van der Waals surface area contributed by atoms with Gasteiger partial charge in [0.05, 0.1) is 20.4 Å². The highest BCUT2D eigenvalue weighted by Gasteiger charge is 2.20. The average molecular weight is 447 g/mol. The molecule has 0 unspecified atom stereocenters. The van der Waals surface area contributed by atoms with Crippen molar-refractivity contribution in [3.05, 3.63) is 89.0 Å². The fraction of sp³-hybridized carbons (Fsp3) is 0.0833. The van der Waals surface area contributed by atoms with Gasteiger partial charge >= 0.3 is 5.97 Å². The fourth-order valence-corrected chi connectivity index (χ4v) is 2.99. The number of carboxylic acids is 1. The van der Waals surface area contributed by atoms with Crippen molar-refractivity contribution in [2.45, 2.75) is 0 Å². The Bertz CT molecular complexity index is 1190. The molecule has 0 fully saturated rings. The number of amides is 2. The first kappa shape index (κ1) is 23.0. The van der Waals surface area contributed by atoms with E-state index in [2.05, 4.69) is 15.8 Å². The van der Waals surface area contributed by atoms with Crippen LogP contribution in [0, 0.1) is 0 Å². The number of anilines is 1. The number of hydrazone groups is 1. The lowest BCUT2D eigenvalue weighted by atomic mass is 10.1. The molecule has 0 spiro atoms. The third kappa shape index (κ3) is 5.53. The summed E-state index contributed by atoms with van der Waals surface area (Å²) in [6.45, 7) is 0. The zero-order valence-corrected chi connectivity index (χ0v) is 17.9. The molecule has 0 heterocycles. The first-order valence-electron chi connectivity index (χ1n) is 9.72. The van der Waals surface area contributed by atoms with Crippen LogP contribution in [0.15, 0.2) is 71.8 Å². The Morgan fingerprint density at radius 3 is 2.12 bits per heavy atom. The molecule has 9 nitrogen and oxygen atoms in total. The highest BCUT2D eigenvalue weighted by Crippen LogP contribution is 2.32. The van der Waals surface area contributed by atoms with Gasteiger partial charge in [0.2, 0.25) is 0 Å². The van der Waals surface area contributed by atoms with Gasteiger partial charge in [-0.2, -0.15) is 5.10 Å². The van der Waals surface area contributed by atoms with Crippen molar-refractivity contribution in [2.24, 2.45) is 5.10 Å².